The summed E-state index contributed by atoms with van der Waals surface area (Å²) in [4.78, 5) is 11.2. The molecular weight excluding hydrogens is 158 g/mol. The van der Waals surface area contributed by atoms with Crippen LogP contribution in [0.5, 0.6) is 0 Å². The third kappa shape index (κ3) is 1.76. The summed E-state index contributed by atoms with van der Waals surface area (Å²) in [6.45, 7) is 2.44. The van der Waals surface area contributed by atoms with Gasteiger partial charge in [0.05, 0.1) is 13.2 Å². The summed E-state index contributed by atoms with van der Waals surface area (Å²) in [5.74, 6) is -0.336. The largest absolute Gasteiger partial charge is 0.468 e. The molecule has 2 unspecified atom stereocenters. The molecule has 2 atom stereocenters. The van der Waals surface area contributed by atoms with Gasteiger partial charge in [-0.05, 0) is 13.3 Å². The Morgan fingerprint density at radius 1 is 1.75 bits per heavy atom. The van der Waals surface area contributed by atoms with Crippen LogP contribution in [-0.4, -0.2) is 31.3 Å². The summed E-state index contributed by atoms with van der Waals surface area (Å²) in [5.41, 5.74) is 5.02. The van der Waals surface area contributed by atoms with Crippen molar-refractivity contribution >= 4 is 5.97 Å². The lowest BCUT2D eigenvalue weighted by Gasteiger charge is -2.33. The van der Waals surface area contributed by atoms with Crippen molar-refractivity contribution in [2.75, 3.05) is 13.7 Å². The smallest absolute Gasteiger partial charge is 0.326 e. The Bertz CT molecular complexity index is 183. The second-order valence-corrected chi connectivity index (χ2v) is 3.28. The van der Waals surface area contributed by atoms with Crippen molar-refractivity contribution in [3.05, 3.63) is 0 Å². The third-order valence-electron chi connectivity index (χ3n) is 2.19. The van der Waals surface area contributed by atoms with Gasteiger partial charge in [-0.3, -0.25) is 4.79 Å². The second kappa shape index (κ2) is 3.41. The first-order valence-electron chi connectivity index (χ1n) is 4.07. The minimum absolute atomic E-state index is 0.0443. The average molecular weight is 173 g/mol. The molecule has 0 amide bonds. The number of carbonyl (C=O) groups excluding carboxylic acids is 1. The van der Waals surface area contributed by atoms with Crippen molar-refractivity contribution < 1.29 is 14.3 Å². The fraction of sp³-hybridized carbons (Fsp3) is 0.875. The van der Waals surface area contributed by atoms with Crippen LogP contribution >= 0.6 is 0 Å². The van der Waals surface area contributed by atoms with Crippen LogP contribution in [0.2, 0.25) is 0 Å². The molecule has 0 bridgehead atoms. The number of ether oxygens (including phenoxy) is 2. The predicted octanol–water partition coefficient (Wildman–Crippen LogP) is 0.0558. The Morgan fingerprint density at radius 3 is 2.92 bits per heavy atom. The Hall–Kier alpha value is -0.610. The van der Waals surface area contributed by atoms with Gasteiger partial charge in [-0.25, -0.2) is 0 Å². The van der Waals surface area contributed by atoms with Gasteiger partial charge in [0, 0.05) is 13.0 Å². The molecule has 4 nitrogen and oxygen atoms in total. The molecule has 1 aliphatic rings. The first kappa shape index (κ1) is 9.48. The predicted molar refractivity (Wildman–Crippen MR) is 43.6 cm³/mol. The zero-order valence-electron chi connectivity index (χ0n) is 7.50. The van der Waals surface area contributed by atoms with Gasteiger partial charge in [0.15, 0.2) is 0 Å². The maximum atomic E-state index is 11.2. The standard InChI is InChI=1S/C8H15NO3/c1-6-5-8(9,3-4-12-6)7(10)11-2/h6H,3-5,9H2,1-2H3. The number of hydrogen-bond donors (Lipinski definition) is 1. The summed E-state index contributed by atoms with van der Waals surface area (Å²) >= 11 is 0. The van der Waals surface area contributed by atoms with E-state index in [9.17, 15) is 4.79 Å². The van der Waals surface area contributed by atoms with Crippen LogP contribution in [0.3, 0.4) is 0 Å². The summed E-state index contributed by atoms with van der Waals surface area (Å²) in [7, 11) is 1.36. The fourth-order valence-corrected chi connectivity index (χ4v) is 1.50. The SMILES string of the molecule is COC(=O)C1(N)CCOC(C)C1. The lowest BCUT2D eigenvalue weighted by Crippen LogP contribution is -2.54. The molecule has 2 N–H and O–H groups in total. The molecular formula is C8H15NO3. The lowest BCUT2D eigenvalue weighted by molar-refractivity contribution is -0.152. The van der Waals surface area contributed by atoms with Gasteiger partial charge in [-0.1, -0.05) is 0 Å². The second-order valence-electron chi connectivity index (χ2n) is 3.28. The Labute approximate surface area is 72.0 Å². The number of nitrogens with two attached hydrogens (primary N) is 1. The van der Waals surface area contributed by atoms with E-state index in [1.54, 1.807) is 0 Å². The van der Waals surface area contributed by atoms with Crippen LogP contribution in [0.25, 0.3) is 0 Å². The zero-order chi connectivity index (χ0) is 9.19. The average Bonchev–Trinajstić information content (AvgIpc) is 2.02. The molecule has 1 rings (SSSR count). The molecule has 1 saturated heterocycles. The molecule has 0 aromatic carbocycles. The minimum Gasteiger partial charge on any atom is -0.468 e. The first-order chi connectivity index (χ1) is 5.58. The molecule has 1 heterocycles. The third-order valence-corrected chi connectivity index (χ3v) is 2.19. The first-order valence-corrected chi connectivity index (χ1v) is 4.07. The molecule has 0 radical (unpaired) electrons. The minimum atomic E-state index is -0.827. The lowest BCUT2D eigenvalue weighted by atomic mass is 9.88. The van der Waals surface area contributed by atoms with Crippen molar-refractivity contribution in [2.24, 2.45) is 5.73 Å². The van der Waals surface area contributed by atoms with Gasteiger partial charge in [0.1, 0.15) is 5.54 Å². The summed E-state index contributed by atoms with van der Waals surface area (Å²) < 4.78 is 9.90. The van der Waals surface area contributed by atoms with Gasteiger partial charge in [-0.2, -0.15) is 0 Å². The fourth-order valence-electron chi connectivity index (χ4n) is 1.50. The van der Waals surface area contributed by atoms with E-state index in [2.05, 4.69) is 4.74 Å². The van der Waals surface area contributed by atoms with E-state index in [0.29, 0.717) is 19.4 Å². The Kier molecular flexibility index (Phi) is 2.69. The van der Waals surface area contributed by atoms with Gasteiger partial charge >= 0.3 is 5.97 Å². The number of esters is 1. The topological polar surface area (TPSA) is 61.5 Å². The molecule has 4 heteroatoms. The van der Waals surface area contributed by atoms with Gasteiger partial charge in [-0.15, -0.1) is 0 Å². The molecule has 0 aliphatic carbocycles. The van der Waals surface area contributed by atoms with E-state index in [1.807, 2.05) is 6.92 Å². The molecule has 1 aliphatic heterocycles. The van der Waals surface area contributed by atoms with E-state index in [1.165, 1.54) is 7.11 Å². The van der Waals surface area contributed by atoms with Crippen LogP contribution < -0.4 is 5.73 Å². The van der Waals surface area contributed by atoms with Crippen LogP contribution in [0.4, 0.5) is 0 Å². The Morgan fingerprint density at radius 2 is 2.42 bits per heavy atom. The van der Waals surface area contributed by atoms with E-state index in [-0.39, 0.29) is 12.1 Å². The summed E-state index contributed by atoms with van der Waals surface area (Å²) in [6, 6.07) is 0. The molecule has 1 fully saturated rings. The Balaban J connectivity index is 2.63. The molecule has 12 heavy (non-hydrogen) atoms. The monoisotopic (exact) mass is 173 g/mol. The number of methoxy groups -OCH3 is 1. The molecule has 0 aromatic heterocycles. The van der Waals surface area contributed by atoms with E-state index in [4.69, 9.17) is 10.5 Å². The van der Waals surface area contributed by atoms with Crippen LogP contribution in [0.1, 0.15) is 19.8 Å². The molecule has 70 valence electrons. The summed E-state index contributed by atoms with van der Waals surface area (Å²) in [5, 5.41) is 0. The highest BCUT2D eigenvalue weighted by molar-refractivity contribution is 5.80. The summed E-state index contributed by atoms with van der Waals surface area (Å²) in [6.07, 6.45) is 1.13. The van der Waals surface area contributed by atoms with Gasteiger partial charge < -0.3 is 15.2 Å². The van der Waals surface area contributed by atoms with E-state index < -0.39 is 5.54 Å². The van der Waals surface area contributed by atoms with E-state index >= 15 is 0 Å². The van der Waals surface area contributed by atoms with Crippen LogP contribution in [0.15, 0.2) is 0 Å². The van der Waals surface area contributed by atoms with E-state index in [0.717, 1.165) is 0 Å². The number of carbonyl (C=O) groups is 1. The van der Waals surface area contributed by atoms with Crippen molar-refractivity contribution in [3.63, 3.8) is 0 Å². The van der Waals surface area contributed by atoms with Gasteiger partial charge in [0.25, 0.3) is 0 Å². The highest BCUT2D eigenvalue weighted by Crippen LogP contribution is 2.23. The molecule has 0 aromatic rings. The van der Waals surface area contributed by atoms with Gasteiger partial charge in [0.2, 0.25) is 0 Å². The van der Waals surface area contributed by atoms with Crippen LogP contribution in [-0.2, 0) is 14.3 Å². The highest BCUT2D eigenvalue weighted by atomic mass is 16.5. The van der Waals surface area contributed by atoms with Crippen molar-refractivity contribution in [1.29, 1.82) is 0 Å². The molecule has 0 saturated carbocycles. The maximum absolute atomic E-state index is 11.2. The highest BCUT2D eigenvalue weighted by Gasteiger charge is 2.39. The maximum Gasteiger partial charge on any atom is 0.326 e. The van der Waals surface area contributed by atoms with Crippen molar-refractivity contribution in [3.8, 4) is 0 Å². The quantitative estimate of drug-likeness (QED) is 0.569. The number of hydrogen-bond acceptors (Lipinski definition) is 4. The molecule has 0 spiro atoms. The number of rotatable bonds is 1. The zero-order valence-corrected chi connectivity index (χ0v) is 7.50. The van der Waals surface area contributed by atoms with Crippen molar-refractivity contribution in [1.82, 2.24) is 0 Å². The normalized spacial score (nSPS) is 36.1. The van der Waals surface area contributed by atoms with Crippen LogP contribution in [0, 0.1) is 0 Å². The van der Waals surface area contributed by atoms with Crippen molar-refractivity contribution in [2.45, 2.75) is 31.4 Å².